The molecule has 1 aromatic carbocycles. The first-order valence-corrected chi connectivity index (χ1v) is 12.1. The van der Waals surface area contributed by atoms with Crippen LogP contribution in [0.2, 0.25) is 0 Å². The fourth-order valence-electron chi connectivity index (χ4n) is 4.34. The number of fused-ring (bicyclic) bond motifs is 1. The van der Waals surface area contributed by atoms with Gasteiger partial charge in [-0.05, 0) is 55.0 Å². The van der Waals surface area contributed by atoms with Crippen LogP contribution < -0.4 is 10.6 Å². The predicted octanol–water partition coefficient (Wildman–Crippen LogP) is 2.55. The number of aliphatic hydroxyl groups is 1. The molecule has 1 amide bonds. The second-order valence-electron chi connectivity index (χ2n) is 8.94. The number of aromatic nitrogens is 2. The van der Waals surface area contributed by atoms with Crippen molar-refractivity contribution >= 4 is 30.1 Å². The molecule has 0 bridgehead atoms. The van der Waals surface area contributed by atoms with Crippen molar-refractivity contribution in [2.24, 2.45) is 9.98 Å². The largest absolute Gasteiger partial charge is 0.390 e. The molecule has 36 heavy (non-hydrogen) atoms. The number of rotatable bonds is 9. The van der Waals surface area contributed by atoms with E-state index < -0.39 is 6.10 Å². The van der Waals surface area contributed by atoms with Crippen molar-refractivity contribution in [3.8, 4) is 0 Å². The van der Waals surface area contributed by atoms with Gasteiger partial charge in [0.05, 0.1) is 6.10 Å². The molecule has 0 fully saturated rings. The molecule has 4 rings (SSSR count). The van der Waals surface area contributed by atoms with Gasteiger partial charge in [-0.1, -0.05) is 24.3 Å². The zero-order chi connectivity index (χ0) is 25.5. The van der Waals surface area contributed by atoms with Crippen molar-refractivity contribution in [2.75, 3.05) is 32.0 Å². The number of amides is 1. The summed E-state index contributed by atoms with van der Waals surface area (Å²) in [5.74, 6) is 1.57. The monoisotopic (exact) mass is 487 g/mol. The van der Waals surface area contributed by atoms with Crippen LogP contribution in [0.25, 0.3) is 0 Å². The van der Waals surface area contributed by atoms with E-state index in [0.29, 0.717) is 30.6 Å². The van der Waals surface area contributed by atoms with E-state index in [1.54, 1.807) is 17.8 Å². The molecule has 0 saturated heterocycles. The molecule has 188 valence electrons. The number of aryl methyl sites for hydroxylation is 1. The van der Waals surface area contributed by atoms with Crippen molar-refractivity contribution in [2.45, 2.75) is 32.5 Å². The van der Waals surface area contributed by atoms with Crippen LogP contribution >= 0.6 is 0 Å². The lowest BCUT2D eigenvalue weighted by Gasteiger charge is -2.30. The third-order valence-electron chi connectivity index (χ3n) is 6.30. The van der Waals surface area contributed by atoms with Crippen LogP contribution in [0.4, 0.5) is 11.6 Å². The number of amidine groups is 1. The summed E-state index contributed by atoms with van der Waals surface area (Å²) >= 11 is 0. The molecular weight excluding hydrogens is 454 g/mol. The molecule has 0 spiro atoms. The summed E-state index contributed by atoms with van der Waals surface area (Å²) in [4.78, 5) is 27.3. The topological polar surface area (TPSA) is 107 Å². The quantitative estimate of drug-likeness (QED) is 0.318. The van der Waals surface area contributed by atoms with Gasteiger partial charge >= 0.3 is 0 Å². The van der Waals surface area contributed by atoms with E-state index in [1.807, 2.05) is 31.3 Å². The Hall–Kier alpha value is -3.82. The molecule has 2 aromatic heterocycles. The number of aliphatic hydroxyl groups excluding tert-OH is 1. The highest BCUT2D eigenvalue weighted by Gasteiger charge is 2.18. The number of pyridine rings is 1. The van der Waals surface area contributed by atoms with Gasteiger partial charge < -0.3 is 20.3 Å². The first-order valence-electron chi connectivity index (χ1n) is 12.1. The number of aliphatic imine (C=N–C) groups is 2. The Morgan fingerprint density at radius 3 is 2.83 bits per heavy atom. The van der Waals surface area contributed by atoms with E-state index in [-0.39, 0.29) is 12.5 Å². The molecule has 9 nitrogen and oxygen atoms in total. The number of hydrogen-bond acceptors (Lipinski definition) is 6. The van der Waals surface area contributed by atoms with Gasteiger partial charge in [0.15, 0.2) is 5.84 Å². The molecule has 0 aliphatic carbocycles. The summed E-state index contributed by atoms with van der Waals surface area (Å²) in [5, 5.41) is 16.5. The zero-order valence-electron chi connectivity index (χ0n) is 20.8. The molecule has 3 heterocycles. The van der Waals surface area contributed by atoms with E-state index in [2.05, 4.69) is 61.5 Å². The molecule has 1 aliphatic heterocycles. The molecule has 3 aromatic rings. The number of anilines is 1. The minimum atomic E-state index is -0.540. The minimum absolute atomic E-state index is 0.113. The van der Waals surface area contributed by atoms with Crippen molar-refractivity contribution in [3.05, 3.63) is 77.1 Å². The van der Waals surface area contributed by atoms with Crippen LogP contribution in [0.5, 0.6) is 0 Å². The summed E-state index contributed by atoms with van der Waals surface area (Å²) in [6.45, 7) is 8.53. The van der Waals surface area contributed by atoms with Crippen LogP contribution in [0, 0.1) is 6.92 Å². The molecule has 1 unspecified atom stereocenters. The van der Waals surface area contributed by atoms with E-state index in [1.165, 1.54) is 11.1 Å². The highest BCUT2D eigenvalue weighted by molar-refractivity contribution is 6.03. The van der Waals surface area contributed by atoms with Gasteiger partial charge in [-0.25, -0.2) is 15.0 Å². The van der Waals surface area contributed by atoms with Crippen LogP contribution in [-0.4, -0.2) is 70.8 Å². The number of nitrogens with zero attached hydrogens (tertiary/aromatic N) is 5. The van der Waals surface area contributed by atoms with E-state index in [0.717, 1.165) is 30.6 Å². The third-order valence-corrected chi connectivity index (χ3v) is 6.30. The van der Waals surface area contributed by atoms with Gasteiger partial charge in [-0.3, -0.25) is 9.69 Å². The molecule has 1 aliphatic rings. The summed E-state index contributed by atoms with van der Waals surface area (Å²) in [6.07, 6.45) is 3.96. The average Bonchev–Trinajstić information content (AvgIpc) is 3.24. The smallest absolute Gasteiger partial charge is 0.239 e. The van der Waals surface area contributed by atoms with Crippen molar-refractivity contribution in [3.63, 3.8) is 0 Å². The Bertz CT molecular complexity index is 1250. The molecule has 3 N–H and O–H groups in total. The van der Waals surface area contributed by atoms with Gasteiger partial charge in [0.2, 0.25) is 5.91 Å². The lowest BCUT2D eigenvalue weighted by atomic mass is 10.00. The Labute approximate surface area is 211 Å². The maximum Gasteiger partial charge on any atom is 0.239 e. The highest BCUT2D eigenvalue weighted by atomic mass is 16.3. The zero-order valence-corrected chi connectivity index (χ0v) is 20.8. The van der Waals surface area contributed by atoms with Crippen LogP contribution in [0.3, 0.4) is 0 Å². The first-order chi connectivity index (χ1) is 17.5. The second-order valence-corrected chi connectivity index (χ2v) is 8.94. The number of likely N-dealkylation sites (N-methyl/N-ethyl adjacent to an activating group) is 1. The van der Waals surface area contributed by atoms with Gasteiger partial charge in [0, 0.05) is 51.2 Å². The van der Waals surface area contributed by atoms with Crippen LogP contribution in [-0.2, 0) is 24.3 Å². The number of β-amino-alcohol motifs (C(OH)–C–C–N with tert-alkyl or cyclic N) is 1. The minimum Gasteiger partial charge on any atom is -0.390 e. The SMILES string of the molecule is C=NC(=Nc1c(C)ccn1CC(=O)NC)c1ccnc(NCC(O)CN2CCc3ccccc3C2)c1. The average molecular weight is 488 g/mol. The van der Waals surface area contributed by atoms with E-state index in [4.69, 9.17) is 0 Å². The van der Waals surface area contributed by atoms with E-state index in [9.17, 15) is 9.90 Å². The maximum atomic E-state index is 11.9. The number of nitrogens with one attached hydrogen (secondary N) is 2. The van der Waals surface area contributed by atoms with Crippen LogP contribution in [0.15, 0.2) is 64.8 Å². The molecule has 0 saturated carbocycles. The standard InChI is InChI=1S/C27H33N7O2/c1-19-9-13-34(18-25(36)28-2)27(19)32-26(29-3)21-8-11-30-24(14-21)31-15-23(35)17-33-12-10-20-6-4-5-7-22(20)16-33/h4-9,11,13-14,23,35H,3,10,12,15-18H2,1-2H3,(H,28,36)(H,30,31). The normalized spacial score (nSPS) is 14.7. The van der Waals surface area contributed by atoms with Gasteiger partial charge in [-0.15, -0.1) is 0 Å². The Morgan fingerprint density at radius 1 is 1.25 bits per heavy atom. The lowest BCUT2D eigenvalue weighted by molar-refractivity contribution is -0.121. The maximum absolute atomic E-state index is 11.9. The van der Waals surface area contributed by atoms with Crippen molar-refractivity contribution in [1.82, 2.24) is 19.8 Å². The fraction of sp³-hybridized carbons (Fsp3) is 0.333. The third kappa shape index (κ3) is 6.24. The van der Waals surface area contributed by atoms with Crippen molar-refractivity contribution < 1.29 is 9.90 Å². The number of carbonyl (C=O) groups is 1. The lowest BCUT2D eigenvalue weighted by Crippen LogP contribution is -2.39. The fourth-order valence-corrected chi connectivity index (χ4v) is 4.34. The van der Waals surface area contributed by atoms with Crippen LogP contribution in [0.1, 0.15) is 22.3 Å². The predicted molar refractivity (Wildman–Crippen MR) is 143 cm³/mol. The highest BCUT2D eigenvalue weighted by Crippen LogP contribution is 2.22. The molecule has 0 radical (unpaired) electrons. The summed E-state index contributed by atoms with van der Waals surface area (Å²) in [7, 11) is 1.60. The van der Waals surface area contributed by atoms with Gasteiger partial charge in [0.1, 0.15) is 18.2 Å². The van der Waals surface area contributed by atoms with Gasteiger partial charge in [-0.2, -0.15) is 0 Å². The second kappa shape index (κ2) is 11.7. The number of hydrogen-bond donors (Lipinski definition) is 3. The Balaban J connectivity index is 1.40. The summed E-state index contributed by atoms with van der Waals surface area (Å²) < 4.78 is 1.77. The molecule has 9 heteroatoms. The Morgan fingerprint density at radius 2 is 2.06 bits per heavy atom. The number of carbonyl (C=O) groups excluding carboxylic acids is 1. The number of benzene rings is 1. The summed E-state index contributed by atoms with van der Waals surface area (Å²) in [6, 6.07) is 14.0. The van der Waals surface area contributed by atoms with Crippen molar-refractivity contribution in [1.29, 1.82) is 0 Å². The Kier molecular flexibility index (Phi) is 8.24. The van der Waals surface area contributed by atoms with Gasteiger partial charge in [0.25, 0.3) is 0 Å². The van der Waals surface area contributed by atoms with E-state index >= 15 is 0 Å². The summed E-state index contributed by atoms with van der Waals surface area (Å²) in [5.41, 5.74) is 4.39. The molecule has 1 atom stereocenters. The first kappa shape index (κ1) is 25.3. The molecular formula is C27H33N7O2.